The number of carbonyl (C=O) groups is 1. The molecule has 0 saturated heterocycles. The van der Waals surface area contributed by atoms with E-state index in [4.69, 9.17) is 9.84 Å². The molecule has 6 nitrogen and oxygen atoms in total. The van der Waals surface area contributed by atoms with Crippen molar-refractivity contribution in [2.75, 3.05) is 6.61 Å². The maximum atomic E-state index is 13.4. The number of carboxylic acids is 1. The van der Waals surface area contributed by atoms with Gasteiger partial charge in [-0.1, -0.05) is 19.3 Å². The molecule has 1 aliphatic rings. The molecule has 1 N–H and O–H groups in total. The minimum atomic E-state index is -1.48. The molecule has 0 spiro atoms. The van der Waals surface area contributed by atoms with E-state index in [1.807, 2.05) is 0 Å². The van der Waals surface area contributed by atoms with Crippen LogP contribution in [0.4, 0.5) is 10.1 Å². The average Bonchev–Trinajstić information content (AvgIpc) is 2.32. The maximum absolute atomic E-state index is 13.4. The zero-order chi connectivity index (χ0) is 14.7. The van der Waals surface area contributed by atoms with Crippen LogP contribution in [0.2, 0.25) is 0 Å². The second kappa shape index (κ2) is 5.85. The van der Waals surface area contributed by atoms with Crippen molar-refractivity contribution in [3.8, 4) is 5.75 Å². The van der Waals surface area contributed by atoms with Gasteiger partial charge >= 0.3 is 11.7 Å². The fraction of sp³-hybridized carbons (Fsp3) is 0.462. The minimum absolute atomic E-state index is 0.201. The molecule has 1 aliphatic carbocycles. The molecule has 1 fully saturated rings. The summed E-state index contributed by atoms with van der Waals surface area (Å²) in [4.78, 5) is 20.9. The van der Waals surface area contributed by atoms with Crippen molar-refractivity contribution in [3.05, 3.63) is 33.6 Å². The average molecular weight is 283 g/mol. The fourth-order valence-electron chi connectivity index (χ4n) is 2.08. The van der Waals surface area contributed by atoms with E-state index in [0.29, 0.717) is 12.0 Å². The lowest BCUT2D eigenvalue weighted by Gasteiger charge is -2.24. The van der Waals surface area contributed by atoms with Crippen molar-refractivity contribution in [1.82, 2.24) is 0 Å². The molecule has 0 heterocycles. The maximum Gasteiger partial charge on any atom is 0.338 e. The summed E-state index contributed by atoms with van der Waals surface area (Å²) in [6.45, 7) is 0.260. The van der Waals surface area contributed by atoms with Crippen molar-refractivity contribution < 1.29 is 24.0 Å². The Hall–Kier alpha value is -2.18. The predicted molar refractivity (Wildman–Crippen MR) is 67.5 cm³/mol. The standard InChI is InChI=1S/C13H14FNO5/c14-10-7-11(15(18)19)12(6-9(10)13(16)17)20-5-4-8-2-1-3-8/h6-8H,1-5H2,(H,16,17). The van der Waals surface area contributed by atoms with Gasteiger partial charge in [-0.3, -0.25) is 10.1 Å². The van der Waals surface area contributed by atoms with E-state index in [1.54, 1.807) is 0 Å². The van der Waals surface area contributed by atoms with Gasteiger partial charge in [0.1, 0.15) is 5.82 Å². The van der Waals surface area contributed by atoms with Crippen molar-refractivity contribution >= 4 is 11.7 Å². The number of carboxylic acid groups (broad SMARTS) is 1. The molecule has 0 bridgehead atoms. The molecule has 1 aromatic rings. The lowest BCUT2D eigenvalue weighted by molar-refractivity contribution is -0.386. The topological polar surface area (TPSA) is 89.7 Å². The first kappa shape index (κ1) is 14.2. The lowest BCUT2D eigenvalue weighted by atomic mass is 9.83. The van der Waals surface area contributed by atoms with Crippen LogP contribution in [0.3, 0.4) is 0 Å². The lowest BCUT2D eigenvalue weighted by Crippen LogP contribution is -2.15. The number of rotatable bonds is 6. The molecule has 20 heavy (non-hydrogen) atoms. The Balaban J connectivity index is 2.16. The molecule has 0 amide bonds. The van der Waals surface area contributed by atoms with Gasteiger partial charge in [-0.2, -0.15) is 0 Å². The second-order valence-corrected chi connectivity index (χ2v) is 4.80. The normalized spacial score (nSPS) is 14.7. The molecule has 0 radical (unpaired) electrons. The largest absolute Gasteiger partial charge is 0.487 e. The highest BCUT2D eigenvalue weighted by Crippen LogP contribution is 2.32. The number of benzene rings is 1. The van der Waals surface area contributed by atoms with Gasteiger partial charge < -0.3 is 9.84 Å². The van der Waals surface area contributed by atoms with Crippen LogP contribution in [-0.4, -0.2) is 22.6 Å². The second-order valence-electron chi connectivity index (χ2n) is 4.80. The predicted octanol–water partition coefficient (Wildman–Crippen LogP) is 3.00. The summed E-state index contributed by atoms with van der Waals surface area (Å²) in [5, 5.41) is 19.6. The first-order valence-electron chi connectivity index (χ1n) is 6.33. The van der Waals surface area contributed by atoms with E-state index >= 15 is 0 Å². The monoisotopic (exact) mass is 283 g/mol. The van der Waals surface area contributed by atoms with Gasteiger partial charge in [0.25, 0.3) is 0 Å². The Labute approximate surface area is 114 Å². The van der Waals surface area contributed by atoms with Crippen molar-refractivity contribution in [2.45, 2.75) is 25.7 Å². The van der Waals surface area contributed by atoms with E-state index in [-0.39, 0.29) is 12.4 Å². The van der Waals surface area contributed by atoms with Crippen LogP contribution >= 0.6 is 0 Å². The van der Waals surface area contributed by atoms with E-state index in [0.717, 1.165) is 25.3 Å². The quantitative estimate of drug-likeness (QED) is 0.640. The van der Waals surface area contributed by atoms with Crippen LogP contribution in [-0.2, 0) is 0 Å². The first-order valence-corrected chi connectivity index (χ1v) is 6.33. The number of hydrogen-bond donors (Lipinski definition) is 1. The third kappa shape index (κ3) is 3.04. The van der Waals surface area contributed by atoms with Crippen LogP contribution < -0.4 is 4.74 Å². The number of halogens is 1. The van der Waals surface area contributed by atoms with Gasteiger partial charge in [-0.25, -0.2) is 9.18 Å². The van der Waals surface area contributed by atoms with Crippen molar-refractivity contribution in [1.29, 1.82) is 0 Å². The molecule has 1 aromatic carbocycles. The molecule has 108 valence electrons. The van der Waals surface area contributed by atoms with Gasteiger partial charge in [0.2, 0.25) is 0 Å². The van der Waals surface area contributed by atoms with E-state index in [9.17, 15) is 19.3 Å². The van der Waals surface area contributed by atoms with Gasteiger partial charge in [0, 0.05) is 6.07 Å². The molecule has 0 unspecified atom stereocenters. The highest BCUT2D eigenvalue weighted by Gasteiger charge is 2.23. The highest BCUT2D eigenvalue weighted by atomic mass is 19.1. The molecule has 0 aromatic heterocycles. The Bertz CT molecular complexity index is 542. The number of nitrogens with zero attached hydrogens (tertiary/aromatic N) is 1. The molecule has 2 rings (SSSR count). The van der Waals surface area contributed by atoms with Gasteiger partial charge in [0.15, 0.2) is 5.75 Å². The third-order valence-electron chi connectivity index (χ3n) is 3.48. The van der Waals surface area contributed by atoms with Gasteiger partial charge in [-0.15, -0.1) is 0 Å². The number of hydrogen-bond acceptors (Lipinski definition) is 4. The summed E-state index contributed by atoms with van der Waals surface area (Å²) in [6.07, 6.45) is 4.19. The van der Waals surface area contributed by atoms with Gasteiger partial charge in [-0.05, 0) is 12.3 Å². The van der Waals surface area contributed by atoms with Crippen LogP contribution in [0.15, 0.2) is 12.1 Å². The van der Waals surface area contributed by atoms with E-state index in [2.05, 4.69) is 0 Å². The molecule has 0 atom stereocenters. The number of nitro benzene ring substituents is 1. The summed E-state index contributed by atoms with van der Waals surface area (Å²) >= 11 is 0. The third-order valence-corrected chi connectivity index (χ3v) is 3.48. The summed E-state index contributed by atoms with van der Waals surface area (Å²) in [6, 6.07) is 1.46. The van der Waals surface area contributed by atoms with Crippen molar-refractivity contribution in [3.63, 3.8) is 0 Å². The fourth-order valence-corrected chi connectivity index (χ4v) is 2.08. The SMILES string of the molecule is O=C(O)c1cc(OCCC2CCC2)c([N+](=O)[O-])cc1F. The summed E-state index contributed by atoms with van der Waals surface area (Å²) in [5.74, 6) is -2.27. The number of ether oxygens (including phenoxy) is 1. The van der Waals surface area contributed by atoms with Gasteiger partial charge in [0.05, 0.1) is 23.2 Å². The Morgan fingerprint density at radius 2 is 2.20 bits per heavy atom. The molecular formula is C13H14FNO5. The molecule has 1 saturated carbocycles. The Morgan fingerprint density at radius 1 is 1.50 bits per heavy atom. The zero-order valence-electron chi connectivity index (χ0n) is 10.7. The summed E-state index contributed by atoms with van der Waals surface area (Å²) < 4.78 is 18.7. The van der Waals surface area contributed by atoms with Crippen molar-refractivity contribution in [2.24, 2.45) is 5.92 Å². The smallest absolute Gasteiger partial charge is 0.338 e. The first-order chi connectivity index (χ1) is 9.49. The van der Waals surface area contributed by atoms with E-state index in [1.165, 1.54) is 6.42 Å². The zero-order valence-corrected chi connectivity index (χ0v) is 10.7. The minimum Gasteiger partial charge on any atom is -0.487 e. The highest BCUT2D eigenvalue weighted by molar-refractivity contribution is 5.89. The van der Waals surface area contributed by atoms with E-state index < -0.39 is 28.0 Å². The number of aromatic carboxylic acids is 1. The molecular weight excluding hydrogens is 269 g/mol. The van der Waals surface area contributed by atoms with Crippen LogP contribution in [0.1, 0.15) is 36.0 Å². The van der Waals surface area contributed by atoms with Crippen LogP contribution in [0.25, 0.3) is 0 Å². The summed E-state index contributed by atoms with van der Waals surface area (Å²) in [5.41, 5.74) is -1.18. The molecule has 0 aliphatic heterocycles. The Morgan fingerprint density at radius 3 is 2.70 bits per heavy atom. The summed E-state index contributed by atoms with van der Waals surface area (Å²) in [7, 11) is 0. The number of nitro groups is 1. The molecule has 7 heteroatoms. The van der Waals surface area contributed by atoms with Crippen LogP contribution in [0, 0.1) is 21.8 Å². The Kier molecular flexibility index (Phi) is 4.16. The van der Waals surface area contributed by atoms with Crippen LogP contribution in [0.5, 0.6) is 5.75 Å².